The van der Waals surface area contributed by atoms with Gasteiger partial charge in [0.15, 0.2) is 0 Å². The molecule has 1 rings (SSSR count). The lowest BCUT2D eigenvalue weighted by atomic mass is 9.74. The molecule has 0 aromatic carbocycles. The summed E-state index contributed by atoms with van der Waals surface area (Å²) in [5.74, 6) is 0.0695. The summed E-state index contributed by atoms with van der Waals surface area (Å²) in [5, 5.41) is 10.3. The Morgan fingerprint density at radius 3 is 2.45 bits per heavy atom. The maximum absolute atomic E-state index is 11.1. The van der Waals surface area contributed by atoms with Gasteiger partial charge in [0.05, 0.1) is 6.10 Å². The van der Waals surface area contributed by atoms with Crippen molar-refractivity contribution in [2.45, 2.75) is 72.0 Å². The molecule has 20 heavy (non-hydrogen) atoms. The van der Waals surface area contributed by atoms with Gasteiger partial charge in [0.25, 0.3) is 0 Å². The molecule has 3 atom stereocenters. The predicted octanol–water partition coefficient (Wildman–Crippen LogP) is 3.77. The number of carbonyl (C=O) groups excluding carboxylic acids is 1. The Labute approximate surface area is 122 Å². The van der Waals surface area contributed by atoms with Crippen LogP contribution in [-0.2, 0) is 9.53 Å². The van der Waals surface area contributed by atoms with Crippen LogP contribution in [0.25, 0.3) is 0 Å². The average Bonchev–Trinajstić information content (AvgIpc) is 2.31. The fourth-order valence-electron chi connectivity index (χ4n) is 2.77. The van der Waals surface area contributed by atoms with Crippen molar-refractivity contribution in [1.82, 2.24) is 0 Å². The topological polar surface area (TPSA) is 46.5 Å². The Morgan fingerprint density at radius 2 is 1.95 bits per heavy atom. The summed E-state index contributed by atoms with van der Waals surface area (Å²) in [6.45, 7) is 9.55. The summed E-state index contributed by atoms with van der Waals surface area (Å²) >= 11 is 0. The van der Waals surface area contributed by atoms with Crippen LogP contribution in [0.1, 0.15) is 60.3 Å². The highest BCUT2D eigenvalue weighted by Crippen LogP contribution is 2.38. The first-order chi connectivity index (χ1) is 9.24. The molecule has 1 N–H and O–H groups in total. The fraction of sp³-hybridized carbons (Fsp3) is 0.706. The summed E-state index contributed by atoms with van der Waals surface area (Å²) < 4.78 is 5.31. The quantitative estimate of drug-likeness (QED) is 0.630. The van der Waals surface area contributed by atoms with E-state index in [4.69, 9.17) is 4.74 Å². The molecule has 0 bridgehead atoms. The summed E-state index contributed by atoms with van der Waals surface area (Å²) in [7, 11) is 0. The van der Waals surface area contributed by atoms with Gasteiger partial charge in [-0.25, -0.2) is 0 Å². The molecule has 0 amide bonds. The van der Waals surface area contributed by atoms with Gasteiger partial charge in [-0.05, 0) is 59.3 Å². The Kier molecular flexibility index (Phi) is 6.00. The van der Waals surface area contributed by atoms with Crippen molar-refractivity contribution in [1.29, 1.82) is 0 Å². The molecule has 0 aliphatic heterocycles. The molecule has 0 aromatic heterocycles. The lowest BCUT2D eigenvalue weighted by Crippen LogP contribution is -2.47. The van der Waals surface area contributed by atoms with E-state index in [1.165, 1.54) is 18.1 Å². The second kappa shape index (κ2) is 7.07. The number of carbonyl (C=O) groups is 1. The highest BCUT2D eigenvalue weighted by Gasteiger charge is 2.41. The van der Waals surface area contributed by atoms with E-state index in [0.717, 1.165) is 12.8 Å². The molecule has 0 unspecified atom stereocenters. The van der Waals surface area contributed by atoms with Gasteiger partial charge in [0.2, 0.25) is 0 Å². The van der Waals surface area contributed by atoms with E-state index in [2.05, 4.69) is 32.9 Å². The standard InChI is InChI=1S/C17H28O3/c1-12(2)7-6-8-13(3)15-9-10-17(5,16(19)11-15)20-14(4)18/h7-8,15-16,19H,6,9-11H2,1-5H3/b13-8-/t15-,16-,17-/m0/s1. The molecule has 1 aliphatic carbocycles. The van der Waals surface area contributed by atoms with Crippen molar-refractivity contribution in [2.75, 3.05) is 0 Å². The molecule has 0 spiro atoms. The molecule has 0 saturated heterocycles. The van der Waals surface area contributed by atoms with Gasteiger partial charge in [-0.3, -0.25) is 4.79 Å². The predicted molar refractivity (Wildman–Crippen MR) is 81.3 cm³/mol. The third kappa shape index (κ3) is 4.78. The first-order valence-corrected chi connectivity index (χ1v) is 7.42. The SMILES string of the molecule is CC(=O)O[C@@]1(C)CC[C@H](/C(C)=C\CC=C(C)C)C[C@@H]1O. The Balaban J connectivity index is 2.63. The first-order valence-electron chi connectivity index (χ1n) is 7.42. The summed E-state index contributed by atoms with van der Waals surface area (Å²) in [4.78, 5) is 11.1. The van der Waals surface area contributed by atoms with Crippen LogP contribution in [0.15, 0.2) is 23.3 Å². The molecule has 0 radical (unpaired) electrons. The van der Waals surface area contributed by atoms with Crippen molar-refractivity contribution >= 4 is 5.97 Å². The number of hydrogen-bond acceptors (Lipinski definition) is 3. The van der Waals surface area contributed by atoms with Crippen molar-refractivity contribution in [3.63, 3.8) is 0 Å². The maximum atomic E-state index is 11.1. The van der Waals surface area contributed by atoms with E-state index in [-0.39, 0.29) is 5.97 Å². The van der Waals surface area contributed by atoms with E-state index in [9.17, 15) is 9.90 Å². The highest BCUT2D eigenvalue weighted by atomic mass is 16.6. The lowest BCUT2D eigenvalue weighted by molar-refractivity contribution is -0.175. The smallest absolute Gasteiger partial charge is 0.303 e. The number of esters is 1. The largest absolute Gasteiger partial charge is 0.457 e. The monoisotopic (exact) mass is 280 g/mol. The van der Waals surface area contributed by atoms with Crippen LogP contribution in [0.3, 0.4) is 0 Å². The number of rotatable bonds is 4. The zero-order valence-corrected chi connectivity index (χ0v) is 13.4. The van der Waals surface area contributed by atoms with Crippen molar-refractivity contribution in [3.8, 4) is 0 Å². The molecular formula is C17H28O3. The summed E-state index contributed by atoms with van der Waals surface area (Å²) in [5.41, 5.74) is 1.93. The lowest BCUT2D eigenvalue weighted by Gasteiger charge is -2.41. The molecule has 3 heteroatoms. The van der Waals surface area contributed by atoms with Crippen LogP contribution < -0.4 is 0 Å². The van der Waals surface area contributed by atoms with E-state index in [1.807, 2.05) is 6.92 Å². The van der Waals surface area contributed by atoms with Gasteiger partial charge in [0, 0.05) is 6.92 Å². The summed E-state index contributed by atoms with van der Waals surface area (Å²) in [6.07, 6.45) is 7.13. The Hall–Kier alpha value is -1.09. The van der Waals surface area contributed by atoms with Crippen LogP contribution in [0.5, 0.6) is 0 Å². The van der Waals surface area contributed by atoms with Crippen molar-refractivity contribution < 1.29 is 14.6 Å². The molecule has 3 nitrogen and oxygen atoms in total. The number of aliphatic hydroxyl groups excluding tert-OH is 1. The number of ether oxygens (including phenoxy) is 1. The highest BCUT2D eigenvalue weighted by molar-refractivity contribution is 5.66. The van der Waals surface area contributed by atoms with Gasteiger partial charge in [-0.2, -0.15) is 0 Å². The second-order valence-corrected chi connectivity index (χ2v) is 6.36. The van der Waals surface area contributed by atoms with Crippen LogP contribution in [0.4, 0.5) is 0 Å². The molecule has 0 heterocycles. The fourth-order valence-corrected chi connectivity index (χ4v) is 2.77. The van der Waals surface area contributed by atoms with Crippen LogP contribution in [0.2, 0.25) is 0 Å². The van der Waals surface area contributed by atoms with Crippen LogP contribution in [0, 0.1) is 5.92 Å². The second-order valence-electron chi connectivity index (χ2n) is 6.36. The molecule has 1 aliphatic rings. The van der Waals surface area contributed by atoms with Gasteiger partial charge < -0.3 is 9.84 Å². The number of aliphatic hydroxyl groups is 1. The molecule has 1 saturated carbocycles. The third-order valence-electron chi connectivity index (χ3n) is 4.19. The molecule has 114 valence electrons. The van der Waals surface area contributed by atoms with Gasteiger partial charge in [-0.1, -0.05) is 23.3 Å². The maximum Gasteiger partial charge on any atom is 0.303 e. The number of hydrogen-bond donors (Lipinski definition) is 1. The minimum Gasteiger partial charge on any atom is -0.457 e. The van der Waals surface area contributed by atoms with Crippen molar-refractivity contribution in [2.24, 2.45) is 5.92 Å². The Morgan fingerprint density at radius 1 is 1.30 bits per heavy atom. The molecular weight excluding hydrogens is 252 g/mol. The molecule has 0 aromatic rings. The van der Waals surface area contributed by atoms with E-state index >= 15 is 0 Å². The van der Waals surface area contributed by atoms with Gasteiger partial charge in [0.1, 0.15) is 5.60 Å². The zero-order chi connectivity index (χ0) is 15.3. The average molecular weight is 280 g/mol. The van der Waals surface area contributed by atoms with E-state index < -0.39 is 11.7 Å². The molecule has 1 fully saturated rings. The van der Waals surface area contributed by atoms with Crippen LogP contribution in [-0.4, -0.2) is 22.8 Å². The minimum atomic E-state index is -0.720. The zero-order valence-electron chi connectivity index (χ0n) is 13.4. The third-order valence-corrected chi connectivity index (χ3v) is 4.19. The van der Waals surface area contributed by atoms with Gasteiger partial charge >= 0.3 is 5.97 Å². The van der Waals surface area contributed by atoms with E-state index in [0.29, 0.717) is 18.8 Å². The first kappa shape index (κ1) is 17.0. The normalized spacial score (nSPS) is 30.8. The number of allylic oxidation sites excluding steroid dienone is 4. The van der Waals surface area contributed by atoms with Crippen LogP contribution >= 0.6 is 0 Å². The summed E-state index contributed by atoms with van der Waals surface area (Å²) in [6, 6.07) is 0. The van der Waals surface area contributed by atoms with E-state index in [1.54, 1.807) is 0 Å². The minimum absolute atomic E-state index is 0.319. The van der Waals surface area contributed by atoms with Crippen molar-refractivity contribution in [3.05, 3.63) is 23.3 Å². The Bertz CT molecular complexity index is 404. The van der Waals surface area contributed by atoms with Gasteiger partial charge in [-0.15, -0.1) is 0 Å².